The van der Waals surface area contributed by atoms with Crippen LogP contribution < -0.4 is 5.01 Å². The number of hydrazone groups is 1. The fraction of sp³-hybridized carbons (Fsp3) is 0.533. The molecular weight excluding hydrogens is 208 g/mol. The Bertz CT molecular complexity index is 343. The molecule has 1 aromatic carbocycles. The molecule has 0 aromatic heterocycles. The lowest BCUT2D eigenvalue weighted by Crippen LogP contribution is -2.14. The highest BCUT2D eigenvalue weighted by Crippen LogP contribution is 2.14. The van der Waals surface area contributed by atoms with Crippen LogP contribution in [-0.4, -0.2) is 12.8 Å². The van der Waals surface area contributed by atoms with Gasteiger partial charge in [0.1, 0.15) is 0 Å². The predicted molar refractivity (Wildman–Crippen MR) is 76.6 cm³/mol. The van der Waals surface area contributed by atoms with Gasteiger partial charge >= 0.3 is 0 Å². The van der Waals surface area contributed by atoms with E-state index >= 15 is 0 Å². The molecule has 0 aliphatic rings. The van der Waals surface area contributed by atoms with Crippen molar-refractivity contribution in [1.29, 1.82) is 0 Å². The summed E-state index contributed by atoms with van der Waals surface area (Å²) in [6.07, 6.45) is 3.35. The van der Waals surface area contributed by atoms with Crippen LogP contribution in [0.4, 0.5) is 5.69 Å². The topological polar surface area (TPSA) is 15.6 Å². The molecule has 0 bridgehead atoms. The van der Waals surface area contributed by atoms with E-state index in [1.165, 1.54) is 12.1 Å². The van der Waals surface area contributed by atoms with Crippen molar-refractivity contribution in [3.05, 3.63) is 30.3 Å². The SMILES string of the molecule is CC/C(CC(C)CC)=N/N(C)c1ccccc1. The molecular formula is C15H24N2. The molecule has 0 aliphatic heterocycles. The van der Waals surface area contributed by atoms with Gasteiger partial charge in [0, 0.05) is 12.8 Å². The minimum atomic E-state index is 0.720. The summed E-state index contributed by atoms with van der Waals surface area (Å²) < 4.78 is 0. The maximum absolute atomic E-state index is 4.70. The van der Waals surface area contributed by atoms with Crippen molar-refractivity contribution < 1.29 is 0 Å². The van der Waals surface area contributed by atoms with Gasteiger partial charge in [0.2, 0.25) is 0 Å². The Morgan fingerprint density at radius 1 is 1.24 bits per heavy atom. The zero-order chi connectivity index (χ0) is 12.7. The van der Waals surface area contributed by atoms with Crippen LogP contribution in [0.2, 0.25) is 0 Å². The Balaban J connectivity index is 2.71. The number of hydrogen-bond acceptors (Lipinski definition) is 2. The highest BCUT2D eigenvalue weighted by atomic mass is 15.4. The van der Waals surface area contributed by atoms with Crippen LogP contribution in [-0.2, 0) is 0 Å². The van der Waals surface area contributed by atoms with Crippen molar-refractivity contribution >= 4 is 11.4 Å². The predicted octanol–water partition coefficient (Wildman–Crippen LogP) is 4.33. The molecule has 1 unspecified atom stereocenters. The number of hydrogen-bond donors (Lipinski definition) is 0. The van der Waals surface area contributed by atoms with Gasteiger partial charge in [-0.15, -0.1) is 0 Å². The van der Waals surface area contributed by atoms with Gasteiger partial charge in [-0.05, 0) is 30.9 Å². The fourth-order valence-electron chi connectivity index (χ4n) is 1.72. The first-order chi connectivity index (χ1) is 8.17. The third-order valence-corrected chi connectivity index (χ3v) is 3.11. The second-order valence-electron chi connectivity index (χ2n) is 4.60. The quantitative estimate of drug-likeness (QED) is 0.526. The highest BCUT2D eigenvalue weighted by Gasteiger charge is 2.05. The number of rotatable bonds is 6. The largest absolute Gasteiger partial charge is 0.269 e. The van der Waals surface area contributed by atoms with Gasteiger partial charge in [-0.3, -0.25) is 5.01 Å². The Kier molecular flexibility index (Phi) is 5.75. The lowest BCUT2D eigenvalue weighted by Gasteiger charge is -2.17. The van der Waals surface area contributed by atoms with Gasteiger partial charge in [0.15, 0.2) is 0 Å². The molecule has 0 saturated heterocycles. The van der Waals surface area contributed by atoms with E-state index in [4.69, 9.17) is 5.10 Å². The average molecular weight is 232 g/mol. The highest BCUT2D eigenvalue weighted by molar-refractivity contribution is 5.85. The Labute approximate surface area is 105 Å². The first-order valence-corrected chi connectivity index (χ1v) is 6.52. The van der Waals surface area contributed by atoms with Crippen LogP contribution in [0.25, 0.3) is 0 Å². The summed E-state index contributed by atoms with van der Waals surface area (Å²) in [5.41, 5.74) is 2.42. The molecule has 0 fully saturated rings. The first kappa shape index (κ1) is 13.8. The average Bonchev–Trinajstić information content (AvgIpc) is 2.38. The van der Waals surface area contributed by atoms with E-state index < -0.39 is 0 Å². The van der Waals surface area contributed by atoms with Crippen molar-refractivity contribution in [2.45, 2.75) is 40.0 Å². The molecule has 0 spiro atoms. The number of nitrogens with zero attached hydrogens (tertiary/aromatic N) is 2. The Morgan fingerprint density at radius 2 is 1.88 bits per heavy atom. The molecule has 0 amide bonds. The van der Waals surface area contributed by atoms with E-state index in [-0.39, 0.29) is 0 Å². The summed E-state index contributed by atoms with van der Waals surface area (Å²) >= 11 is 0. The molecule has 94 valence electrons. The van der Waals surface area contributed by atoms with Crippen LogP contribution in [0.3, 0.4) is 0 Å². The van der Waals surface area contributed by atoms with Crippen molar-refractivity contribution in [1.82, 2.24) is 0 Å². The lowest BCUT2D eigenvalue weighted by molar-refractivity contribution is 0.582. The number of para-hydroxylation sites is 1. The molecule has 0 saturated carbocycles. The Morgan fingerprint density at radius 3 is 2.41 bits per heavy atom. The van der Waals surface area contributed by atoms with Gasteiger partial charge in [-0.1, -0.05) is 45.4 Å². The molecule has 0 N–H and O–H groups in total. The minimum Gasteiger partial charge on any atom is -0.269 e. The van der Waals surface area contributed by atoms with Gasteiger partial charge in [-0.2, -0.15) is 5.10 Å². The molecule has 2 nitrogen and oxygen atoms in total. The zero-order valence-corrected chi connectivity index (χ0v) is 11.5. The molecule has 1 aromatic rings. The van der Waals surface area contributed by atoms with Crippen LogP contribution in [0, 0.1) is 5.92 Å². The van der Waals surface area contributed by atoms with Crippen LogP contribution in [0.1, 0.15) is 40.0 Å². The van der Waals surface area contributed by atoms with Crippen molar-refractivity contribution in [3.63, 3.8) is 0 Å². The summed E-state index contributed by atoms with van der Waals surface area (Å²) in [6, 6.07) is 10.3. The van der Waals surface area contributed by atoms with E-state index in [2.05, 4.69) is 32.9 Å². The van der Waals surface area contributed by atoms with Gasteiger partial charge in [0.25, 0.3) is 0 Å². The standard InChI is InChI=1S/C15H24N2/c1-5-13(3)12-14(6-2)16-17(4)15-10-8-7-9-11-15/h7-11,13H,5-6,12H2,1-4H3/b16-14-. The molecule has 1 rings (SSSR count). The van der Waals surface area contributed by atoms with Crippen LogP contribution in [0.15, 0.2) is 35.4 Å². The normalized spacial score (nSPS) is 13.5. The van der Waals surface area contributed by atoms with E-state index in [9.17, 15) is 0 Å². The van der Waals surface area contributed by atoms with E-state index in [0.717, 1.165) is 24.4 Å². The fourth-order valence-corrected chi connectivity index (χ4v) is 1.72. The molecule has 17 heavy (non-hydrogen) atoms. The summed E-state index contributed by atoms with van der Waals surface area (Å²) in [5.74, 6) is 0.720. The van der Waals surface area contributed by atoms with Gasteiger partial charge in [0.05, 0.1) is 5.69 Å². The molecule has 0 radical (unpaired) electrons. The molecule has 0 aliphatic carbocycles. The smallest absolute Gasteiger partial charge is 0.0590 e. The molecule has 1 atom stereocenters. The third kappa shape index (κ3) is 4.59. The molecule has 2 heteroatoms. The van der Waals surface area contributed by atoms with Gasteiger partial charge < -0.3 is 0 Å². The van der Waals surface area contributed by atoms with Crippen LogP contribution in [0.5, 0.6) is 0 Å². The third-order valence-electron chi connectivity index (χ3n) is 3.11. The first-order valence-electron chi connectivity index (χ1n) is 6.52. The minimum absolute atomic E-state index is 0.720. The second-order valence-corrected chi connectivity index (χ2v) is 4.60. The lowest BCUT2D eigenvalue weighted by atomic mass is 10.0. The van der Waals surface area contributed by atoms with Gasteiger partial charge in [-0.25, -0.2) is 0 Å². The van der Waals surface area contributed by atoms with E-state index in [1.807, 2.05) is 30.3 Å². The summed E-state index contributed by atoms with van der Waals surface area (Å²) in [7, 11) is 2.02. The molecule has 0 heterocycles. The monoisotopic (exact) mass is 232 g/mol. The number of benzene rings is 1. The van der Waals surface area contributed by atoms with Crippen molar-refractivity contribution in [3.8, 4) is 0 Å². The van der Waals surface area contributed by atoms with E-state index in [0.29, 0.717) is 0 Å². The summed E-state index contributed by atoms with van der Waals surface area (Å²) in [5, 5.41) is 6.68. The second kappa shape index (κ2) is 7.10. The van der Waals surface area contributed by atoms with E-state index in [1.54, 1.807) is 0 Å². The van der Waals surface area contributed by atoms with Crippen molar-refractivity contribution in [2.24, 2.45) is 11.0 Å². The van der Waals surface area contributed by atoms with Crippen LogP contribution >= 0.6 is 0 Å². The summed E-state index contributed by atoms with van der Waals surface area (Å²) in [4.78, 5) is 0. The summed E-state index contributed by atoms with van der Waals surface area (Å²) in [6.45, 7) is 6.70. The zero-order valence-electron chi connectivity index (χ0n) is 11.5. The van der Waals surface area contributed by atoms with Crippen molar-refractivity contribution in [2.75, 3.05) is 12.1 Å². The Hall–Kier alpha value is -1.31. The maximum atomic E-state index is 4.70. The maximum Gasteiger partial charge on any atom is 0.0590 e. The number of anilines is 1.